The summed E-state index contributed by atoms with van der Waals surface area (Å²) in [5, 5.41) is 5.81. The summed E-state index contributed by atoms with van der Waals surface area (Å²) in [5.74, 6) is 0.922. The quantitative estimate of drug-likeness (QED) is 0.633. The Morgan fingerprint density at radius 1 is 0.957 bits per heavy atom. The molecule has 1 N–H and O–H groups in total. The first-order valence-electron chi connectivity index (χ1n) is 7.81. The molecule has 0 saturated carbocycles. The van der Waals surface area contributed by atoms with Gasteiger partial charge in [-0.2, -0.15) is 0 Å². The molecule has 0 amide bonds. The lowest BCUT2D eigenvalue weighted by atomic mass is 10.0. The zero-order chi connectivity index (χ0) is 16.1. The van der Waals surface area contributed by atoms with Gasteiger partial charge in [-0.05, 0) is 41.6 Å². The van der Waals surface area contributed by atoms with Crippen molar-refractivity contribution in [1.29, 1.82) is 0 Å². The summed E-state index contributed by atoms with van der Waals surface area (Å²) in [6, 6.07) is 23.2. The lowest BCUT2D eigenvalue weighted by molar-refractivity contribution is 0.290. The lowest BCUT2D eigenvalue weighted by Crippen LogP contribution is -2.19. The molecule has 1 unspecified atom stereocenters. The zero-order valence-electron chi connectivity index (χ0n) is 13.1. The molecular formula is C20H20BrNO. The van der Waals surface area contributed by atoms with Gasteiger partial charge in [-0.3, -0.25) is 0 Å². The van der Waals surface area contributed by atoms with Crippen molar-refractivity contribution in [3.8, 4) is 5.75 Å². The summed E-state index contributed by atoms with van der Waals surface area (Å²) in [6.45, 7) is 0.672. The first-order chi connectivity index (χ1) is 11.3. The second-order valence-electron chi connectivity index (χ2n) is 5.51. The number of rotatable bonds is 6. The van der Waals surface area contributed by atoms with Gasteiger partial charge in [0, 0.05) is 16.9 Å². The Hall–Kier alpha value is -1.84. The Balaban J connectivity index is 1.64. The van der Waals surface area contributed by atoms with Gasteiger partial charge in [-0.15, -0.1) is 0 Å². The van der Waals surface area contributed by atoms with Crippen molar-refractivity contribution in [3.63, 3.8) is 0 Å². The third kappa shape index (κ3) is 3.92. The maximum atomic E-state index is 5.95. The smallest absolute Gasteiger partial charge is 0.119 e. The summed E-state index contributed by atoms with van der Waals surface area (Å²) in [7, 11) is 1.99. The van der Waals surface area contributed by atoms with E-state index in [9.17, 15) is 0 Å². The summed E-state index contributed by atoms with van der Waals surface area (Å²) >= 11 is 3.62. The van der Waals surface area contributed by atoms with Gasteiger partial charge in [0.25, 0.3) is 0 Å². The minimum atomic E-state index is 0.269. The molecule has 0 aliphatic rings. The summed E-state index contributed by atoms with van der Waals surface area (Å²) in [6.07, 6.45) is 0.909. The predicted molar refractivity (Wildman–Crippen MR) is 100 cm³/mol. The first-order valence-corrected chi connectivity index (χ1v) is 8.60. The van der Waals surface area contributed by atoms with E-state index in [-0.39, 0.29) is 6.04 Å². The van der Waals surface area contributed by atoms with Crippen molar-refractivity contribution in [2.45, 2.75) is 12.5 Å². The molecule has 3 heteroatoms. The fraction of sp³-hybridized carbons (Fsp3) is 0.200. The molecule has 3 aromatic carbocycles. The molecule has 0 radical (unpaired) electrons. The molecule has 0 spiro atoms. The van der Waals surface area contributed by atoms with Gasteiger partial charge in [0.15, 0.2) is 0 Å². The topological polar surface area (TPSA) is 21.3 Å². The van der Waals surface area contributed by atoms with Crippen molar-refractivity contribution < 1.29 is 4.74 Å². The van der Waals surface area contributed by atoms with Crippen LogP contribution in [0.15, 0.2) is 71.2 Å². The van der Waals surface area contributed by atoms with Crippen molar-refractivity contribution >= 4 is 26.7 Å². The van der Waals surface area contributed by atoms with Crippen LogP contribution < -0.4 is 10.1 Å². The van der Waals surface area contributed by atoms with Crippen molar-refractivity contribution in [2.75, 3.05) is 13.7 Å². The van der Waals surface area contributed by atoms with E-state index >= 15 is 0 Å². The van der Waals surface area contributed by atoms with Crippen molar-refractivity contribution in [1.82, 2.24) is 5.32 Å². The average Bonchev–Trinajstić information content (AvgIpc) is 2.59. The Bertz CT molecular complexity index is 787. The third-order valence-electron chi connectivity index (χ3n) is 4.03. The highest BCUT2D eigenvalue weighted by atomic mass is 79.9. The number of ether oxygens (including phenoxy) is 1. The molecule has 1 atom stereocenters. The summed E-state index contributed by atoms with van der Waals surface area (Å²) < 4.78 is 7.08. The standard InChI is InChI=1S/C20H20BrNO/c1-22-20(18-8-4-5-9-19(18)21)12-13-23-17-11-10-15-6-2-3-7-16(15)14-17/h2-11,14,20,22H,12-13H2,1H3. The number of fused-ring (bicyclic) bond motifs is 1. The van der Waals surface area contributed by atoms with E-state index in [1.165, 1.54) is 16.3 Å². The van der Waals surface area contributed by atoms with E-state index < -0.39 is 0 Å². The molecule has 0 fully saturated rings. The summed E-state index contributed by atoms with van der Waals surface area (Å²) in [5.41, 5.74) is 1.26. The fourth-order valence-electron chi connectivity index (χ4n) is 2.76. The van der Waals surface area contributed by atoms with E-state index in [0.717, 1.165) is 16.6 Å². The Morgan fingerprint density at radius 3 is 2.48 bits per heavy atom. The zero-order valence-corrected chi connectivity index (χ0v) is 14.7. The molecule has 0 aromatic heterocycles. The molecular weight excluding hydrogens is 350 g/mol. The molecule has 3 rings (SSSR count). The lowest BCUT2D eigenvalue weighted by Gasteiger charge is -2.18. The fourth-order valence-corrected chi connectivity index (χ4v) is 3.33. The van der Waals surface area contributed by atoms with Crippen LogP contribution in [0.2, 0.25) is 0 Å². The number of nitrogens with one attached hydrogen (secondary N) is 1. The van der Waals surface area contributed by atoms with Crippen LogP contribution in [0.3, 0.4) is 0 Å². The first kappa shape index (κ1) is 16.0. The monoisotopic (exact) mass is 369 g/mol. The van der Waals surface area contributed by atoms with Gasteiger partial charge in [0.2, 0.25) is 0 Å². The van der Waals surface area contributed by atoms with Crippen molar-refractivity contribution in [2.24, 2.45) is 0 Å². The van der Waals surface area contributed by atoms with Crippen LogP contribution in [0.25, 0.3) is 10.8 Å². The van der Waals surface area contributed by atoms with Crippen LogP contribution in [0.1, 0.15) is 18.0 Å². The number of halogens is 1. The molecule has 0 aliphatic heterocycles. The van der Waals surface area contributed by atoms with E-state index in [0.29, 0.717) is 6.61 Å². The van der Waals surface area contributed by atoms with Crippen LogP contribution in [0.4, 0.5) is 0 Å². The largest absolute Gasteiger partial charge is 0.494 e. The average molecular weight is 370 g/mol. The molecule has 0 aliphatic carbocycles. The van der Waals surface area contributed by atoms with E-state index in [1.54, 1.807) is 0 Å². The molecule has 2 nitrogen and oxygen atoms in total. The van der Waals surface area contributed by atoms with Gasteiger partial charge in [-0.25, -0.2) is 0 Å². The van der Waals surface area contributed by atoms with Crippen LogP contribution in [0, 0.1) is 0 Å². The molecule has 118 valence electrons. The molecule has 0 bridgehead atoms. The Morgan fingerprint density at radius 2 is 1.70 bits per heavy atom. The highest BCUT2D eigenvalue weighted by molar-refractivity contribution is 9.10. The molecule has 23 heavy (non-hydrogen) atoms. The highest BCUT2D eigenvalue weighted by Crippen LogP contribution is 2.26. The van der Waals surface area contributed by atoms with E-state index in [1.807, 2.05) is 19.2 Å². The molecule has 0 heterocycles. The second-order valence-corrected chi connectivity index (χ2v) is 6.36. The predicted octanol–water partition coefficient (Wildman–Crippen LogP) is 5.33. The van der Waals surface area contributed by atoms with E-state index in [4.69, 9.17) is 4.74 Å². The second kappa shape index (κ2) is 7.62. The minimum absolute atomic E-state index is 0.269. The van der Waals surface area contributed by atoms with Gasteiger partial charge in [0.05, 0.1) is 6.61 Å². The highest BCUT2D eigenvalue weighted by Gasteiger charge is 2.12. The molecule has 0 saturated heterocycles. The Labute approximate surface area is 145 Å². The van der Waals surface area contributed by atoms with Crippen LogP contribution in [0.5, 0.6) is 5.75 Å². The third-order valence-corrected chi connectivity index (χ3v) is 4.75. The molecule has 3 aromatic rings. The normalized spacial score (nSPS) is 12.3. The maximum absolute atomic E-state index is 5.95. The van der Waals surface area contributed by atoms with Crippen LogP contribution in [-0.4, -0.2) is 13.7 Å². The van der Waals surface area contributed by atoms with Crippen molar-refractivity contribution in [3.05, 3.63) is 76.8 Å². The SMILES string of the molecule is CNC(CCOc1ccc2ccccc2c1)c1ccccc1Br. The van der Waals surface area contributed by atoms with E-state index in [2.05, 4.69) is 75.8 Å². The van der Waals surface area contributed by atoms with Gasteiger partial charge in [0.1, 0.15) is 5.75 Å². The van der Waals surface area contributed by atoms with Crippen LogP contribution >= 0.6 is 15.9 Å². The van der Waals surface area contributed by atoms with Gasteiger partial charge in [-0.1, -0.05) is 64.5 Å². The minimum Gasteiger partial charge on any atom is -0.494 e. The number of benzene rings is 3. The summed E-state index contributed by atoms with van der Waals surface area (Å²) in [4.78, 5) is 0. The van der Waals surface area contributed by atoms with Gasteiger partial charge >= 0.3 is 0 Å². The van der Waals surface area contributed by atoms with Crippen LogP contribution in [-0.2, 0) is 0 Å². The number of hydrogen-bond donors (Lipinski definition) is 1. The Kier molecular flexibility index (Phi) is 5.31. The maximum Gasteiger partial charge on any atom is 0.119 e. The number of hydrogen-bond acceptors (Lipinski definition) is 2. The van der Waals surface area contributed by atoms with Gasteiger partial charge < -0.3 is 10.1 Å².